The third-order valence-corrected chi connectivity index (χ3v) is 3.99. The van der Waals surface area contributed by atoms with Crippen molar-refractivity contribution in [2.75, 3.05) is 6.61 Å². The molecule has 4 heteroatoms. The first-order chi connectivity index (χ1) is 9.23. The fourth-order valence-corrected chi connectivity index (χ4v) is 3.02. The van der Waals surface area contributed by atoms with Crippen molar-refractivity contribution in [3.63, 3.8) is 0 Å². The van der Waals surface area contributed by atoms with Crippen molar-refractivity contribution in [2.24, 2.45) is 0 Å². The van der Waals surface area contributed by atoms with Crippen LogP contribution >= 0.6 is 0 Å². The van der Waals surface area contributed by atoms with E-state index in [9.17, 15) is 4.79 Å². The number of nitrogens with zero attached hydrogens (tertiary/aromatic N) is 2. The molecule has 1 saturated carbocycles. The summed E-state index contributed by atoms with van der Waals surface area (Å²) in [6.07, 6.45) is 7.94. The number of Topliss-reactive ketones (excluding diaryl/α,β-unsaturated/α-hetero) is 1. The standard InChI is InChI=1S/C15H24N2O2/c1-3-17-13(9-12-16-17)14(18)15(19-4-2)10-7-5-6-8-11-15/h9,12H,3-8,10-11H2,1-2H3. The minimum atomic E-state index is -0.613. The number of aryl methyl sites for hydroxylation is 1. The molecule has 0 radical (unpaired) electrons. The second-order valence-corrected chi connectivity index (χ2v) is 5.20. The molecule has 2 rings (SSSR count). The summed E-state index contributed by atoms with van der Waals surface area (Å²) in [5.41, 5.74) is 0.0796. The normalized spacial score (nSPS) is 19.1. The van der Waals surface area contributed by atoms with Crippen LogP contribution in [0, 0.1) is 0 Å². The number of aromatic nitrogens is 2. The second kappa shape index (κ2) is 6.33. The molecule has 1 aromatic rings. The molecule has 0 saturated heterocycles. The number of rotatable bonds is 5. The van der Waals surface area contributed by atoms with Crippen LogP contribution < -0.4 is 0 Å². The van der Waals surface area contributed by atoms with E-state index in [1.54, 1.807) is 10.9 Å². The van der Waals surface area contributed by atoms with E-state index in [1.807, 2.05) is 19.9 Å². The average molecular weight is 264 g/mol. The van der Waals surface area contributed by atoms with Gasteiger partial charge in [-0.3, -0.25) is 9.48 Å². The van der Waals surface area contributed by atoms with Crippen LogP contribution in [-0.4, -0.2) is 27.8 Å². The van der Waals surface area contributed by atoms with Gasteiger partial charge < -0.3 is 4.74 Å². The lowest BCUT2D eigenvalue weighted by Gasteiger charge is -2.31. The second-order valence-electron chi connectivity index (χ2n) is 5.20. The van der Waals surface area contributed by atoms with Crippen LogP contribution in [0.15, 0.2) is 12.3 Å². The van der Waals surface area contributed by atoms with Crippen molar-refractivity contribution in [2.45, 2.75) is 64.5 Å². The summed E-state index contributed by atoms with van der Waals surface area (Å²) in [5.74, 6) is 0.121. The molecular weight excluding hydrogens is 240 g/mol. The lowest BCUT2D eigenvalue weighted by molar-refractivity contribution is -0.0299. The van der Waals surface area contributed by atoms with Gasteiger partial charge in [-0.15, -0.1) is 0 Å². The molecule has 4 nitrogen and oxygen atoms in total. The highest BCUT2D eigenvalue weighted by molar-refractivity contribution is 6.01. The predicted molar refractivity (Wildman–Crippen MR) is 74.3 cm³/mol. The van der Waals surface area contributed by atoms with Gasteiger partial charge in [0.05, 0.1) is 0 Å². The minimum Gasteiger partial charge on any atom is -0.367 e. The fourth-order valence-electron chi connectivity index (χ4n) is 3.02. The van der Waals surface area contributed by atoms with Crippen LogP contribution in [-0.2, 0) is 11.3 Å². The summed E-state index contributed by atoms with van der Waals surface area (Å²) in [4.78, 5) is 12.9. The Morgan fingerprint density at radius 1 is 1.32 bits per heavy atom. The molecule has 19 heavy (non-hydrogen) atoms. The SMILES string of the molecule is CCOC1(C(=O)c2ccnn2CC)CCCCCC1. The number of hydrogen-bond acceptors (Lipinski definition) is 3. The first-order valence-electron chi connectivity index (χ1n) is 7.44. The number of ether oxygens (including phenoxy) is 1. The highest BCUT2D eigenvalue weighted by atomic mass is 16.5. The van der Waals surface area contributed by atoms with Gasteiger partial charge in [0.2, 0.25) is 5.78 Å². The van der Waals surface area contributed by atoms with E-state index in [0.717, 1.165) is 32.2 Å². The maximum Gasteiger partial charge on any atom is 0.212 e. The van der Waals surface area contributed by atoms with E-state index in [2.05, 4.69) is 5.10 Å². The van der Waals surface area contributed by atoms with E-state index >= 15 is 0 Å². The Hall–Kier alpha value is -1.16. The molecule has 1 aliphatic rings. The maximum atomic E-state index is 12.9. The zero-order chi connectivity index (χ0) is 13.7. The number of carbonyl (C=O) groups excluding carboxylic acids is 1. The Labute approximate surface area is 115 Å². The monoisotopic (exact) mass is 264 g/mol. The Morgan fingerprint density at radius 2 is 2.00 bits per heavy atom. The van der Waals surface area contributed by atoms with Gasteiger partial charge in [0.25, 0.3) is 0 Å². The van der Waals surface area contributed by atoms with Crippen LogP contribution in [0.5, 0.6) is 0 Å². The maximum absolute atomic E-state index is 12.9. The highest BCUT2D eigenvalue weighted by Crippen LogP contribution is 2.33. The molecule has 0 amide bonds. The Balaban J connectivity index is 2.29. The van der Waals surface area contributed by atoms with Crippen molar-refractivity contribution in [3.05, 3.63) is 18.0 Å². The molecule has 1 aromatic heterocycles. The topological polar surface area (TPSA) is 44.1 Å². The molecule has 0 spiro atoms. The molecule has 106 valence electrons. The molecule has 0 unspecified atom stereocenters. The lowest BCUT2D eigenvalue weighted by atomic mass is 9.87. The molecular formula is C15H24N2O2. The van der Waals surface area contributed by atoms with E-state index in [-0.39, 0.29) is 5.78 Å². The fraction of sp³-hybridized carbons (Fsp3) is 0.733. The zero-order valence-corrected chi connectivity index (χ0v) is 12.0. The van der Waals surface area contributed by atoms with Crippen molar-refractivity contribution in [1.29, 1.82) is 0 Å². The Morgan fingerprint density at radius 3 is 2.58 bits per heavy atom. The smallest absolute Gasteiger partial charge is 0.212 e. The van der Waals surface area contributed by atoms with Crippen molar-refractivity contribution in [1.82, 2.24) is 9.78 Å². The summed E-state index contributed by atoms with van der Waals surface area (Å²) < 4.78 is 7.72. The van der Waals surface area contributed by atoms with Gasteiger partial charge in [-0.1, -0.05) is 25.7 Å². The molecule has 0 atom stereocenters. The molecule has 1 heterocycles. The van der Waals surface area contributed by atoms with Crippen LogP contribution in [0.3, 0.4) is 0 Å². The first-order valence-corrected chi connectivity index (χ1v) is 7.44. The lowest BCUT2D eigenvalue weighted by Crippen LogP contribution is -2.42. The zero-order valence-electron chi connectivity index (χ0n) is 12.0. The van der Waals surface area contributed by atoms with Crippen LogP contribution in [0.25, 0.3) is 0 Å². The van der Waals surface area contributed by atoms with Gasteiger partial charge in [-0.05, 0) is 32.8 Å². The van der Waals surface area contributed by atoms with Crippen LogP contribution in [0.1, 0.15) is 62.9 Å². The minimum absolute atomic E-state index is 0.121. The van der Waals surface area contributed by atoms with Gasteiger partial charge in [-0.2, -0.15) is 5.10 Å². The summed E-state index contributed by atoms with van der Waals surface area (Å²) in [7, 11) is 0. The predicted octanol–water partition coefficient (Wildman–Crippen LogP) is 3.22. The van der Waals surface area contributed by atoms with Gasteiger partial charge in [0, 0.05) is 19.3 Å². The van der Waals surface area contributed by atoms with Crippen molar-refractivity contribution < 1.29 is 9.53 Å². The van der Waals surface area contributed by atoms with Crippen molar-refractivity contribution >= 4 is 5.78 Å². The number of carbonyl (C=O) groups is 1. The number of hydrogen-bond donors (Lipinski definition) is 0. The molecule has 0 aromatic carbocycles. The van der Waals surface area contributed by atoms with Crippen LogP contribution in [0.2, 0.25) is 0 Å². The van der Waals surface area contributed by atoms with Crippen LogP contribution in [0.4, 0.5) is 0 Å². The molecule has 1 aliphatic carbocycles. The highest BCUT2D eigenvalue weighted by Gasteiger charge is 2.40. The third-order valence-electron chi connectivity index (χ3n) is 3.99. The largest absolute Gasteiger partial charge is 0.367 e. The van der Waals surface area contributed by atoms with E-state index in [0.29, 0.717) is 12.3 Å². The van der Waals surface area contributed by atoms with Crippen molar-refractivity contribution in [3.8, 4) is 0 Å². The summed E-state index contributed by atoms with van der Waals surface area (Å²) >= 11 is 0. The summed E-state index contributed by atoms with van der Waals surface area (Å²) in [5, 5.41) is 4.21. The van der Waals surface area contributed by atoms with Gasteiger partial charge >= 0.3 is 0 Å². The van der Waals surface area contributed by atoms with Gasteiger partial charge in [0.1, 0.15) is 11.3 Å². The Bertz CT molecular complexity index is 418. The molecule has 0 bridgehead atoms. The summed E-state index contributed by atoms with van der Waals surface area (Å²) in [6, 6.07) is 1.82. The van der Waals surface area contributed by atoms with E-state index in [1.165, 1.54) is 12.8 Å². The van der Waals surface area contributed by atoms with Gasteiger partial charge in [-0.25, -0.2) is 0 Å². The van der Waals surface area contributed by atoms with E-state index in [4.69, 9.17) is 4.74 Å². The summed E-state index contributed by atoms with van der Waals surface area (Å²) in [6.45, 7) is 5.28. The van der Waals surface area contributed by atoms with Gasteiger partial charge in [0.15, 0.2) is 0 Å². The average Bonchev–Trinajstić information content (AvgIpc) is 2.77. The molecule has 0 N–H and O–H groups in total. The molecule has 1 fully saturated rings. The van der Waals surface area contributed by atoms with E-state index < -0.39 is 5.60 Å². The first kappa shape index (κ1) is 14.3. The Kier molecular flexibility index (Phi) is 4.75. The molecule has 0 aliphatic heterocycles. The third kappa shape index (κ3) is 2.89. The quantitative estimate of drug-likeness (QED) is 0.606. The number of ketones is 1.